The fraction of sp³-hybridized carbons (Fsp3) is 0.188. The molecule has 0 amide bonds. The molecule has 1 aliphatic carbocycles. The molecule has 1 aliphatic rings. The van der Waals surface area contributed by atoms with Crippen LogP contribution in [0.1, 0.15) is 23.7 Å². The number of hydrogen-bond acceptors (Lipinski definition) is 4. The Bertz CT molecular complexity index is 873. The van der Waals surface area contributed by atoms with E-state index < -0.39 is 0 Å². The molecule has 4 rings (SSSR count). The van der Waals surface area contributed by atoms with E-state index in [1.807, 2.05) is 12.1 Å². The first-order chi connectivity index (χ1) is 10.3. The number of benzene rings is 1. The lowest BCUT2D eigenvalue weighted by Gasteiger charge is -2.13. The van der Waals surface area contributed by atoms with Gasteiger partial charge in [0.2, 0.25) is 0 Å². The van der Waals surface area contributed by atoms with Crippen LogP contribution in [-0.2, 0) is 6.42 Å². The van der Waals surface area contributed by atoms with Gasteiger partial charge in [-0.25, -0.2) is 0 Å². The van der Waals surface area contributed by atoms with Gasteiger partial charge < -0.3 is 4.74 Å². The van der Waals surface area contributed by atoms with E-state index in [-0.39, 0.29) is 17.7 Å². The van der Waals surface area contributed by atoms with Gasteiger partial charge in [-0.05, 0) is 30.0 Å². The van der Waals surface area contributed by atoms with Gasteiger partial charge in [0.05, 0.1) is 17.1 Å². The Labute approximate surface area is 120 Å². The van der Waals surface area contributed by atoms with Gasteiger partial charge in [-0.2, -0.15) is 4.98 Å². The van der Waals surface area contributed by atoms with Gasteiger partial charge in [-0.15, -0.1) is 0 Å². The highest BCUT2D eigenvalue weighted by molar-refractivity contribution is 5.76. The maximum absolute atomic E-state index is 12.0. The van der Waals surface area contributed by atoms with Crippen LogP contribution in [0, 0.1) is 0 Å². The second-order valence-corrected chi connectivity index (χ2v) is 5.11. The van der Waals surface area contributed by atoms with Crippen molar-refractivity contribution in [2.75, 3.05) is 0 Å². The van der Waals surface area contributed by atoms with Crippen LogP contribution in [0.3, 0.4) is 0 Å². The molecule has 1 atom stereocenters. The molecule has 1 N–H and O–H groups in total. The predicted octanol–water partition coefficient (Wildman–Crippen LogP) is 2.38. The minimum absolute atomic E-state index is 0.0570. The first-order valence-electron chi connectivity index (χ1n) is 6.90. The molecule has 2 heterocycles. The summed E-state index contributed by atoms with van der Waals surface area (Å²) in [7, 11) is 0. The number of hydrogen-bond donors (Lipinski definition) is 1. The fourth-order valence-corrected chi connectivity index (χ4v) is 2.80. The highest BCUT2D eigenvalue weighted by Gasteiger charge is 2.24. The minimum atomic E-state index is -0.205. The van der Waals surface area contributed by atoms with Crippen molar-refractivity contribution in [3.05, 3.63) is 64.2 Å². The molecule has 5 heteroatoms. The summed E-state index contributed by atoms with van der Waals surface area (Å²) in [6, 6.07) is 10.1. The maximum atomic E-state index is 12.0. The molecule has 3 aromatic rings. The standard InChI is InChI=1S/C16H13N3O2/c20-15-12-7-8-17-9-13(12)18-16(19-15)21-14-6-5-10-3-1-2-4-11(10)14/h1-4,7-9,14H,5-6H2,(H,18,19,20). The molecule has 0 spiro atoms. The van der Waals surface area contributed by atoms with Crippen molar-refractivity contribution in [2.24, 2.45) is 0 Å². The molecule has 0 bridgehead atoms. The number of rotatable bonds is 2. The molecule has 5 nitrogen and oxygen atoms in total. The van der Waals surface area contributed by atoms with Crippen LogP contribution < -0.4 is 10.3 Å². The lowest BCUT2D eigenvalue weighted by Crippen LogP contribution is -2.13. The van der Waals surface area contributed by atoms with Crippen LogP contribution in [0.25, 0.3) is 10.9 Å². The highest BCUT2D eigenvalue weighted by atomic mass is 16.5. The summed E-state index contributed by atoms with van der Waals surface area (Å²) >= 11 is 0. The number of aromatic amines is 1. The van der Waals surface area contributed by atoms with Crippen LogP contribution in [-0.4, -0.2) is 15.0 Å². The maximum Gasteiger partial charge on any atom is 0.297 e. The van der Waals surface area contributed by atoms with Crippen LogP contribution in [0.15, 0.2) is 47.5 Å². The van der Waals surface area contributed by atoms with Crippen molar-refractivity contribution in [1.82, 2.24) is 15.0 Å². The topological polar surface area (TPSA) is 67.9 Å². The second kappa shape index (κ2) is 4.70. The zero-order valence-electron chi connectivity index (χ0n) is 11.2. The molecule has 0 aliphatic heterocycles. The van der Waals surface area contributed by atoms with E-state index in [2.05, 4.69) is 27.1 Å². The van der Waals surface area contributed by atoms with E-state index in [4.69, 9.17) is 4.74 Å². The number of aromatic nitrogens is 3. The van der Waals surface area contributed by atoms with E-state index >= 15 is 0 Å². The number of nitrogens with one attached hydrogen (secondary N) is 1. The summed E-state index contributed by atoms with van der Waals surface area (Å²) in [6.07, 6.45) is 4.97. The molecule has 0 saturated heterocycles. The van der Waals surface area contributed by atoms with Gasteiger partial charge in [0, 0.05) is 6.20 Å². The average molecular weight is 279 g/mol. The van der Waals surface area contributed by atoms with Gasteiger partial charge in [0.25, 0.3) is 11.6 Å². The lowest BCUT2D eigenvalue weighted by molar-refractivity contribution is 0.190. The van der Waals surface area contributed by atoms with Crippen molar-refractivity contribution in [3.8, 4) is 6.01 Å². The molecule has 2 aromatic heterocycles. The van der Waals surface area contributed by atoms with Crippen molar-refractivity contribution in [2.45, 2.75) is 18.9 Å². The second-order valence-electron chi connectivity index (χ2n) is 5.11. The van der Waals surface area contributed by atoms with Gasteiger partial charge in [0.15, 0.2) is 0 Å². The molecule has 1 aromatic carbocycles. The van der Waals surface area contributed by atoms with Gasteiger partial charge >= 0.3 is 0 Å². The Kier molecular flexibility index (Phi) is 2.70. The Morgan fingerprint density at radius 2 is 2.14 bits per heavy atom. The van der Waals surface area contributed by atoms with E-state index in [0.717, 1.165) is 12.8 Å². The molecule has 104 valence electrons. The van der Waals surface area contributed by atoms with Gasteiger partial charge in [-0.3, -0.25) is 14.8 Å². The first kappa shape index (κ1) is 12.1. The van der Waals surface area contributed by atoms with Gasteiger partial charge in [-0.1, -0.05) is 24.3 Å². The number of aryl methyl sites for hydroxylation is 1. The number of H-pyrrole nitrogens is 1. The normalized spacial score (nSPS) is 16.9. The highest BCUT2D eigenvalue weighted by Crippen LogP contribution is 2.33. The van der Waals surface area contributed by atoms with E-state index in [9.17, 15) is 4.79 Å². The SMILES string of the molecule is O=c1[nH]c(OC2CCc3ccccc32)nc2cnccc12. The summed E-state index contributed by atoms with van der Waals surface area (Å²) in [4.78, 5) is 23.0. The van der Waals surface area contributed by atoms with Crippen LogP contribution in [0.2, 0.25) is 0 Å². The Morgan fingerprint density at radius 3 is 3.10 bits per heavy atom. The molecular formula is C16H13N3O2. The molecule has 1 unspecified atom stereocenters. The quantitative estimate of drug-likeness (QED) is 0.782. The van der Waals surface area contributed by atoms with Crippen molar-refractivity contribution < 1.29 is 4.74 Å². The van der Waals surface area contributed by atoms with Crippen LogP contribution in [0.4, 0.5) is 0 Å². The smallest absolute Gasteiger partial charge is 0.297 e. The van der Waals surface area contributed by atoms with E-state index in [1.165, 1.54) is 11.1 Å². The summed E-state index contributed by atoms with van der Waals surface area (Å²) in [6.45, 7) is 0. The fourth-order valence-electron chi connectivity index (χ4n) is 2.80. The molecular weight excluding hydrogens is 266 g/mol. The summed E-state index contributed by atoms with van der Waals surface area (Å²) < 4.78 is 5.90. The van der Waals surface area contributed by atoms with Crippen molar-refractivity contribution >= 4 is 10.9 Å². The molecule has 21 heavy (non-hydrogen) atoms. The third-order valence-corrected chi connectivity index (χ3v) is 3.82. The number of fused-ring (bicyclic) bond motifs is 2. The number of pyridine rings is 1. The van der Waals surface area contributed by atoms with Crippen molar-refractivity contribution in [3.63, 3.8) is 0 Å². The largest absolute Gasteiger partial charge is 0.457 e. The average Bonchev–Trinajstić information content (AvgIpc) is 2.91. The minimum Gasteiger partial charge on any atom is -0.457 e. The van der Waals surface area contributed by atoms with Gasteiger partial charge in [0.1, 0.15) is 6.10 Å². The zero-order chi connectivity index (χ0) is 14.2. The zero-order valence-corrected chi connectivity index (χ0v) is 11.2. The lowest BCUT2D eigenvalue weighted by atomic mass is 10.1. The Morgan fingerprint density at radius 1 is 1.24 bits per heavy atom. The third kappa shape index (κ3) is 2.07. The number of ether oxygens (including phenoxy) is 1. The molecule has 0 saturated carbocycles. The van der Waals surface area contributed by atoms with Crippen LogP contribution in [0.5, 0.6) is 6.01 Å². The van der Waals surface area contributed by atoms with E-state index in [0.29, 0.717) is 10.9 Å². The first-order valence-corrected chi connectivity index (χ1v) is 6.90. The summed E-state index contributed by atoms with van der Waals surface area (Å²) in [5.74, 6) is 0. The molecule has 0 radical (unpaired) electrons. The number of nitrogens with zero attached hydrogens (tertiary/aromatic N) is 2. The predicted molar refractivity (Wildman–Crippen MR) is 78.3 cm³/mol. The summed E-state index contributed by atoms with van der Waals surface area (Å²) in [5, 5.41) is 0.518. The summed E-state index contributed by atoms with van der Waals surface area (Å²) in [5.41, 5.74) is 2.81. The van der Waals surface area contributed by atoms with Crippen molar-refractivity contribution in [1.29, 1.82) is 0 Å². The third-order valence-electron chi connectivity index (χ3n) is 3.82. The van der Waals surface area contributed by atoms with Crippen LogP contribution >= 0.6 is 0 Å². The Hall–Kier alpha value is -2.69. The molecule has 0 fully saturated rings. The van der Waals surface area contributed by atoms with E-state index in [1.54, 1.807) is 18.5 Å². The monoisotopic (exact) mass is 279 g/mol. The Balaban J connectivity index is 1.71.